The molecule has 1 N–H and O–H groups in total. The summed E-state index contributed by atoms with van der Waals surface area (Å²) in [6.45, 7) is 13.8. The predicted molar refractivity (Wildman–Crippen MR) is 131 cm³/mol. The van der Waals surface area contributed by atoms with Gasteiger partial charge in [-0.3, -0.25) is 4.79 Å². The number of hydrogen-bond acceptors (Lipinski definition) is 4. The third-order valence-electron chi connectivity index (χ3n) is 5.12. The Morgan fingerprint density at radius 1 is 1.42 bits per heavy atom. The number of fused-ring (bicyclic) bond motifs is 1. The molecule has 1 aromatic rings. The van der Waals surface area contributed by atoms with Crippen LogP contribution in [0.25, 0.3) is 0 Å². The Balaban J connectivity index is 0.000000861. The van der Waals surface area contributed by atoms with Crippen molar-refractivity contribution >= 4 is 11.6 Å². The molecule has 5 heteroatoms. The second kappa shape index (κ2) is 15.0. The quantitative estimate of drug-likeness (QED) is 0.457. The van der Waals surface area contributed by atoms with Crippen LogP contribution in [0, 0.1) is 11.3 Å². The van der Waals surface area contributed by atoms with E-state index in [1.807, 2.05) is 26.0 Å². The van der Waals surface area contributed by atoms with E-state index >= 15 is 0 Å². The lowest BCUT2D eigenvalue weighted by Gasteiger charge is -2.27. The summed E-state index contributed by atoms with van der Waals surface area (Å²) in [5.74, 6) is -0.00979. The smallest absolute Gasteiger partial charge is 0.237 e. The van der Waals surface area contributed by atoms with Gasteiger partial charge in [-0.15, -0.1) is 0 Å². The summed E-state index contributed by atoms with van der Waals surface area (Å²) in [5, 5.41) is 12.3. The van der Waals surface area contributed by atoms with Gasteiger partial charge in [-0.25, -0.2) is 0 Å². The summed E-state index contributed by atoms with van der Waals surface area (Å²) in [6.07, 6.45) is 10.8. The monoisotopic (exact) mass is 422 g/mol. The van der Waals surface area contributed by atoms with E-state index in [9.17, 15) is 4.79 Å². The van der Waals surface area contributed by atoms with Gasteiger partial charge in [0, 0.05) is 31.0 Å². The normalized spacial score (nSPS) is 13.8. The zero-order valence-electron chi connectivity index (χ0n) is 19.6. The van der Waals surface area contributed by atoms with Crippen LogP contribution in [-0.2, 0) is 11.2 Å². The highest BCUT2D eigenvalue weighted by molar-refractivity contribution is 5.78. The number of nitrogens with zero attached hydrogens (tertiary/aromatic N) is 3. The molecule has 1 amide bonds. The Hall–Kier alpha value is -2.84. The molecule has 5 nitrogen and oxygen atoms in total. The maximum absolute atomic E-state index is 12.4. The number of aryl methyl sites for hydroxylation is 1. The first-order chi connectivity index (χ1) is 15.0. The van der Waals surface area contributed by atoms with Crippen LogP contribution < -0.4 is 10.2 Å². The highest BCUT2D eigenvalue weighted by atomic mass is 16.2. The topological polar surface area (TPSA) is 59.4 Å². The number of amides is 1. The minimum atomic E-state index is -0.382. The average Bonchev–Trinajstić information content (AvgIpc) is 2.93. The second-order valence-electron chi connectivity index (χ2n) is 7.49. The standard InChI is InChI=1S/C21H30N4O.C5H8/c1-4-13-25(18(3)15-22)21(26)16-23-12-14-24-17(2)8-7-10-19-9-5-6-11-20(19)24;1-3-5-4-2/h5-6,8-9,11,18,23H,4,7,10,12-14,16H2,1-3H3;3-5H,1H2,2H3/b;5-4-. The van der Waals surface area contributed by atoms with Crippen molar-refractivity contribution in [1.29, 1.82) is 5.26 Å². The molecule has 1 aliphatic heterocycles. The van der Waals surface area contributed by atoms with Crippen LogP contribution in [-0.4, -0.2) is 43.0 Å². The minimum absolute atomic E-state index is 0.00979. The summed E-state index contributed by atoms with van der Waals surface area (Å²) < 4.78 is 0. The van der Waals surface area contributed by atoms with Crippen LogP contribution in [0.3, 0.4) is 0 Å². The fraction of sp³-hybridized carbons (Fsp3) is 0.462. The van der Waals surface area contributed by atoms with Crippen molar-refractivity contribution in [3.8, 4) is 6.07 Å². The highest BCUT2D eigenvalue weighted by Crippen LogP contribution is 2.28. The Labute approximate surface area is 188 Å². The van der Waals surface area contributed by atoms with Gasteiger partial charge < -0.3 is 15.1 Å². The lowest BCUT2D eigenvalue weighted by Crippen LogP contribution is -2.44. The molecule has 0 aliphatic carbocycles. The van der Waals surface area contributed by atoms with E-state index in [0.717, 1.165) is 25.8 Å². The van der Waals surface area contributed by atoms with Crippen LogP contribution in [0.15, 0.2) is 60.8 Å². The number of carbonyl (C=O) groups excluding carboxylic acids is 1. The van der Waals surface area contributed by atoms with E-state index in [4.69, 9.17) is 5.26 Å². The van der Waals surface area contributed by atoms with Crippen LogP contribution in [0.4, 0.5) is 5.69 Å². The van der Waals surface area contributed by atoms with Gasteiger partial charge in [0.05, 0.1) is 12.6 Å². The Morgan fingerprint density at radius 3 is 2.77 bits per heavy atom. The van der Waals surface area contributed by atoms with Crippen molar-refractivity contribution in [2.45, 2.75) is 53.0 Å². The van der Waals surface area contributed by atoms with E-state index in [-0.39, 0.29) is 18.5 Å². The van der Waals surface area contributed by atoms with Crippen molar-refractivity contribution in [3.63, 3.8) is 0 Å². The SMILES string of the molecule is C=C/C=C\C.CCCN(C(=O)CNCCN1C(C)=CCCc2ccccc21)C(C)C#N. The zero-order chi connectivity index (χ0) is 23.1. The van der Waals surface area contributed by atoms with Crippen molar-refractivity contribution in [2.75, 3.05) is 31.1 Å². The molecule has 1 heterocycles. The Kier molecular flexibility index (Phi) is 12.7. The largest absolute Gasteiger partial charge is 0.344 e. The van der Waals surface area contributed by atoms with Crippen LogP contribution in [0.1, 0.15) is 46.1 Å². The molecule has 1 unspecified atom stereocenters. The van der Waals surface area contributed by atoms with Crippen molar-refractivity contribution in [1.82, 2.24) is 10.2 Å². The average molecular weight is 423 g/mol. The van der Waals surface area contributed by atoms with Gasteiger partial charge in [-0.2, -0.15) is 5.26 Å². The van der Waals surface area contributed by atoms with Crippen molar-refractivity contribution in [3.05, 3.63) is 66.4 Å². The lowest BCUT2D eigenvalue weighted by atomic mass is 10.1. The summed E-state index contributed by atoms with van der Waals surface area (Å²) >= 11 is 0. The third-order valence-corrected chi connectivity index (χ3v) is 5.12. The van der Waals surface area contributed by atoms with Gasteiger partial charge in [0.25, 0.3) is 0 Å². The molecule has 0 radical (unpaired) electrons. The second-order valence-corrected chi connectivity index (χ2v) is 7.49. The number of nitriles is 1. The molecule has 1 aromatic carbocycles. The molecule has 2 rings (SSSR count). The maximum atomic E-state index is 12.4. The van der Waals surface area contributed by atoms with Crippen LogP contribution >= 0.6 is 0 Å². The number of rotatable bonds is 9. The van der Waals surface area contributed by atoms with E-state index < -0.39 is 0 Å². The number of anilines is 1. The molecule has 1 aliphatic rings. The van der Waals surface area contributed by atoms with Crippen molar-refractivity contribution in [2.24, 2.45) is 0 Å². The maximum Gasteiger partial charge on any atom is 0.237 e. The first kappa shape index (κ1) is 26.2. The first-order valence-corrected chi connectivity index (χ1v) is 11.2. The molecule has 0 aromatic heterocycles. The van der Waals surface area contributed by atoms with Gasteiger partial charge in [0.2, 0.25) is 5.91 Å². The van der Waals surface area contributed by atoms with Gasteiger partial charge in [-0.05, 0) is 51.7 Å². The number of allylic oxidation sites excluding steroid dienone is 5. The number of para-hydroxylation sites is 1. The fourth-order valence-electron chi connectivity index (χ4n) is 3.49. The van der Waals surface area contributed by atoms with Gasteiger partial charge in [0.15, 0.2) is 0 Å². The zero-order valence-corrected chi connectivity index (χ0v) is 19.6. The fourth-order valence-corrected chi connectivity index (χ4v) is 3.49. The van der Waals surface area contributed by atoms with E-state index in [1.165, 1.54) is 16.9 Å². The number of carbonyl (C=O) groups is 1. The highest BCUT2D eigenvalue weighted by Gasteiger charge is 2.19. The molecular formula is C26H38N4O. The molecule has 0 saturated carbocycles. The van der Waals surface area contributed by atoms with Gasteiger partial charge >= 0.3 is 0 Å². The molecule has 31 heavy (non-hydrogen) atoms. The Bertz CT molecular complexity index is 791. The molecule has 0 bridgehead atoms. The molecule has 1 atom stereocenters. The number of nitrogens with one attached hydrogen (secondary N) is 1. The summed E-state index contributed by atoms with van der Waals surface area (Å²) in [6, 6.07) is 10.3. The third kappa shape index (κ3) is 8.82. The van der Waals surface area contributed by atoms with E-state index in [1.54, 1.807) is 17.9 Å². The summed E-state index contributed by atoms with van der Waals surface area (Å²) in [4.78, 5) is 16.4. The molecule has 0 fully saturated rings. The summed E-state index contributed by atoms with van der Waals surface area (Å²) in [5.41, 5.74) is 3.89. The van der Waals surface area contributed by atoms with Crippen LogP contribution in [0.2, 0.25) is 0 Å². The first-order valence-electron chi connectivity index (χ1n) is 11.2. The molecule has 168 valence electrons. The number of hydrogen-bond donors (Lipinski definition) is 1. The van der Waals surface area contributed by atoms with Crippen molar-refractivity contribution < 1.29 is 4.79 Å². The molecule has 0 spiro atoms. The molecule has 0 saturated heterocycles. The summed E-state index contributed by atoms with van der Waals surface area (Å²) in [7, 11) is 0. The van der Waals surface area contributed by atoms with Gasteiger partial charge in [0.1, 0.15) is 6.04 Å². The minimum Gasteiger partial charge on any atom is -0.344 e. The lowest BCUT2D eigenvalue weighted by molar-refractivity contribution is -0.131. The Morgan fingerprint density at radius 2 is 2.16 bits per heavy atom. The molecular weight excluding hydrogens is 384 g/mol. The number of benzene rings is 1. The van der Waals surface area contributed by atoms with Crippen LogP contribution in [0.5, 0.6) is 0 Å². The predicted octanol–water partition coefficient (Wildman–Crippen LogP) is 4.83. The van der Waals surface area contributed by atoms with E-state index in [2.05, 4.69) is 60.1 Å². The van der Waals surface area contributed by atoms with E-state index in [0.29, 0.717) is 13.1 Å². The van der Waals surface area contributed by atoms with Gasteiger partial charge in [-0.1, -0.05) is 56.0 Å².